The van der Waals surface area contributed by atoms with Gasteiger partial charge in [-0.15, -0.1) is 0 Å². The molecule has 0 saturated heterocycles. The Morgan fingerprint density at radius 3 is 2.30 bits per heavy atom. The first kappa shape index (κ1) is 19.9. The number of hydrogen-bond donors (Lipinski definition) is 1. The molecular weight excluding hydrogens is 369 g/mol. The fourth-order valence-electron chi connectivity index (χ4n) is 2.11. The van der Waals surface area contributed by atoms with Crippen molar-refractivity contribution in [3.05, 3.63) is 63.7 Å². The highest BCUT2D eigenvalue weighted by atomic mass is 19.4. The van der Waals surface area contributed by atoms with E-state index in [1.165, 1.54) is 31.2 Å². The maximum Gasteiger partial charge on any atom is 0.418 e. The molecule has 0 aliphatic heterocycles. The van der Waals surface area contributed by atoms with Crippen LogP contribution >= 0.6 is 0 Å². The Kier molecular flexibility index (Phi) is 5.78. The minimum absolute atomic E-state index is 0.155. The van der Waals surface area contributed by atoms with Gasteiger partial charge in [0.25, 0.3) is 11.6 Å². The van der Waals surface area contributed by atoms with Crippen molar-refractivity contribution in [1.29, 1.82) is 0 Å². The minimum atomic E-state index is -4.89. The lowest BCUT2D eigenvalue weighted by atomic mass is 10.1. The van der Waals surface area contributed by atoms with Crippen LogP contribution in [0.15, 0.2) is 42.5 Å². The molecule has 0 unspecified atom stereocenters. The lowest BCUT2D eigenvalue weighted by molar-refractivity contribution is -0.385. The summed E-state index contributed by atoms with van der Waals surface area (Å²) in [4.78, 5) is 32.7. The molecule has 0 saturated carbocycles. The number of rotatable bonds is 6. The Bertz CT molecular complexity index is 879. The summed E-state index contributed by atoms with van der Waals surface area (Å²) in [5.74, 6) is -0.794. The zero-order valence-electron chi connectivity index (χ0n) is 13.9. The van der Waals surface area contributed by atoms with Crippen LogP contribution in [0.4, 0.5) is 24.5 Å². The van der Waals surface area contributed by atoms with Gasteiger partial charge in [-0.1, -0.05) is 0 Å². The summed E-state index contributed by atoms with van der Waals surface area (Å²) in [6, 6.07) is 7.85. The highest BCUT2D eigenvalue weighted by molar-refractivity contribution is 5.94. The van der Waals surface area contributed by atoms with Crippen molar-refractivity contribution >= 4 is 23.1 Å². The molecule has 2 aromatic rings. The molecule has 1 amide bonds. The van der Waals surface area contributed by atoms with Crippen LogP contribution in [0.1, 0.15) is 22.8 Å². The van der Waals surface area contributed by atoms with Crippen LogP contribution in [-0.2, 0) is 11.0 Å². The zero-order valence-corrected chi connectivity index (χ0v) is 13.9. The number of carbonyl (C=O) groups is 2. The van der Waals surface area contributed by atoms with E-state index in [4.69, 9.17) is 4.74 Å². The second-order valence-electron chi connectivity index (χ2n) is 5.40. The van der Waals surface area contributed by atoms with Crippen molar-refractivity contribution in [3.8, 4) is 5.75 Å². The van der Waals surface area contributed by atoms with E-state index in [1.54, 1.807) is 0 Å². The van der Waals surface area contributed by atoms with Gasteiger partial charge in [-0.3, -0.25) is 19.7 Å². The molecule has 7 nitrogen and oxygen atoms in total. The number of carbonyl (C=O) groups excluding carboxylic acids is 2. The van der Waals surface area contributed by atoms with Gasteiger partial charge in [0.1, 0.15) is 5.75 Å². The predicted octanol–water partition coefficient (Wildman–Crippen LogP) is 3.83. The number of non-ortho nitro benzene ring substituents is 1. The first-order valence-corrected chi connectivity index (χ1v) is 7.47. The molecule has 0 radical (unpaired) electrons. The summed E-state index contributed by atoms with van der Waals surface area (Å²) in [5, 5.41) is 12.7. The van der Waals surface area contributed by atoms with Gasteiger partial charge >= 0.3 is 6.18 Å². The molecule has 0 heterocycles. The molecule has 1 N–H and O–H groups in total. The highest BCUT2D eigenvalue weighted by Gasteiger charge is 2.35. The van der Waals surface area contributed by atoms with Crippen molar-refractivity contribution in [1.82, 2.24) is 0 Å². The molecule has 27 heavy (non-hydrogen) atoms. The minimum Gasteiger partial charge on any atom is -0.484 e. The van der Waals surface area contributed by atoms with Crippen LogP contribution in [-0.4, -0.2) is 23.2 Å². The predicted molar refractivity (Wildman–Crippen MR) is 88.7 cm³/mol. The lowest BCUT2D eigenvalue weighted by Crippen LogP contribution is -2.22. The summed E-state index contributed by atoms with van der Waals surface area (Å²) in [6.45, 7) is 0.791. The van der Waals surface area contributed by atoms with E-state index in [-0.39, 0.29) is 11.5 Å². The lowest BCUT2D eigenvalue weighted by Gasteiger charge is -2.14. The number of ketones is 1. The maximum absolute atomic E-state index is 13.1. The average Bonchev–Trinajstić information content (AvgIpc) is 2.59. The fraction of sp³-hybridized carbons (Fsp3) is 0.176. The molecule has 10 heteroatoms. The van der Waals surface area contributed by atoms with E-state index in [9.17, 15) is 32.9 Å². The molecule has 0 aliphatic rings. The van der Waals surface area contributed by atoms with Crippen LogP contribution in [0.3, 0.4) is 0 Å². The molecule has 0 atom stereocenters. The molecule has 142 valence electrons. The standard InChI is InChI=1S/C17H13F3N2O5/c1-10(23)11-2-5-13(6-3-11)27-9-16(24)21-15-7-4-12(22(25)26)8-14(15)17(18,19)20/h2-8H,9H2,1H3,(H,21,24). The van der Waals surface area contributed by atoms with Crippen molar-refractivity contribution in [2.75, 3.05) is 11.9 Å². The van der Waals surface area contributed by atoms with Crippen molar-refractivity contribution in [2.45, 2.75) is 13.1 Å². The van der Waals surface area contributed by atoms with Crippen molar-refractivity contribution in [2.24, 2.45) is 0 Å². The first-order chi connectivity index (χ1) is 12.6. The van der Waals surface area contributed by atoms with E-state index in [0.717, 1.165) is 12.1 Å². The molecule has 0 spiro atoms. The Balaban J connectivity index is 2.08. The number of anilines is 1. The van der Waals surface area contributed by atoms with E-state index < -0.39 is 40.6 Å². The van der Waals surface area contributed by atoms with E-state index in [2.05, 4.69) is 0 Å². The number of nitro benzene ring substituents is 1. The Morgan fingerprint density at radius 2 is 1.78 bits per heavy atom. The number of nitro groups is 1. The highest BCUT2D eigenvalue weighted by Crippen LogP contribution is 2.37. The summed E-state index contributed by atoms with van der Waals surface area (Å²) in [7, 11) is 0. The summed E-state index contributed by atoms with van der Waals surface area (Å²) >= 11 is 0. The summed E-state index contributed by atoms with van der Waals surface area (Å²) in [5.41, 5.74) is -2.26. The summed E-state index contributed by atoms with van der Waals surface area (Å²) < 4.78 is 44.3. The quantitative estimate of drug-likeness (QED) is 0.465. The number of halogens is 3. The van der Waals surface area contributed by atoms with Gasteiger partial charge in [-0.05, 0) is 37.3 Å². The Hall–Kier alpha value is -3.43. The van der Waals surface area contributed by atoms with Crippen molar-refractivity contribution < 1.29 is 32.4 Å². The SMILES string of the molecule is CC(=O)c1ccc(OCC(=O)Nc2ccc([N+](=O)[O-])cc2C(F)(F)F)cc1. The Labute approximate surface area is 150 Å². The molecule has 0 aromatic heterocycles. The second kappa shape index (κ2) is 7.85. The number of nitrogens with zero attached hydrogens (tertiary/aromatic N) is 1. The van der Waals surface area contributed by atoms with Crippen LogP contribution < -0.4 is 10.1 Å². The average molecular weight is 382 g/mol. The smallest absolute Gasteiger partial charge is 0.418 e. The van der Waals surface area contributed by atoms with Gasteiger partial charge in [0, 0.05) is 17.7 Å². The van der Waals surface area contributed by atoms with Crippen LogP contribution in [0, 0.1) is 10.1 Å². The maximum atomic E-state index is 13.1. The van der Waals surface area contributed by atoms with Gasteiger partial charge in [0.2, 0.25) is 0 Å². The molecule has 0 fully saturated rings. The molecule has 2 rings (SSSR count). The molecular formula is C17H13F3N2O5. The third kappa shape index (κ3) is 5.27. The number of nitrogens with one attached hydrogen (secondary N) is 1. The van der Waals surface area contributed by atoms with Gasteiger partial charge < -0.3 is 10.1 Å². The number of Topliss-reactive ketones (excluding diaryl/α,β-unsaturated/α-hetero) is 1. The monoisotopic (exact) mass is 382 g/mol. The largest absolute Gasteiger partial charge is 0.484 e. The zero-order chi connectivity index (χ0) is 20.2. The topological polar surface area (TPSA) is 98.5 Å². The molecule has 2 aromatic carbocycles. The molecule has 0 aliphatic carbocycles. The van der Waals surface area contributed by atoms with E-state index in [0.29, 0.717) is 11.6 Å². The Morgan fingerprint density at radius 1 is 1.15 bits per heavy atom. The van der Waals surface area contributed by atoms with E-state index >= 15 is 0 Å². The molecule has 0 bridgehead atoms. The fourth-order valence-corrected chi connectivity index (χ4v) is 2.11. The van der Waals surface area contributed by atoms with Crippen LogP contribution in [0.2, 0.25) is 0 Å². The third-order valence-corrected chi connectivity index (χ3v) is 3.42. The van der Waals surface area contributed by atoms with E-state index in [1.807, 2.05) is 5.32 Å². The number of ether oxygens (including phenoxy) is 1. The summed E-state index contributed by atoms with van der Waals surface area (Å²) in [6.07, 6.45) is -4.89. The first-order valence-electron chi connectivity index (χ1n) is 7.47. The normalized spacial score (nSPS) is 11.0. The van der Waals surface area contributed by atoms with Crippen LogP contribution in [0.25, 0.3) is 0 Å². The van der Waals surface area contributed by atoms with Gasteiger partial charge in [-0.2, -0.15) is 13.2 Å². The van der Waals surface area contributed by atoms with Gasteiger partial charge in [0.15, 0.2) is 12.4 Å². The number of alkyl halides is 3. The second-order valence-corrected chi connectivity index (χ2v) is 5.40. The van der Waals surface area contributed by atoms with Crippen LogP contribution in [0.5, 0.6) is 5.75 Å². The van der Waals surface area contributed by atoms with Gasteiger partial charge in [0.05, 0.1) is 16.2 Å². The number of benzene rings is 2. The van der Waals surface area contributed by atoms with Crippen molar-refractivity contribution in [3.63, 3.8) is 0 Å². The third-order valence-electron chi connectivity index (χ3n) is 3.42. The number of hydrogen-bond acceptors (Lipinski definition) is 5. The number of amides is 1. The van der Waals surface area contributed by atoms with Gasteiger partial charge in [-0.25, -0.2) is 0 Å².